The monoisotopic (exact) mass is 340 g/mol. The topological polar surface area (TPSA) is 41.6 Å². The molecule has 0 radical (unpaired) electrons. The fourth-order valence-electron chi connectivity index (χ4n) is 3.63. The van der Waals surface area contributed by atoms with E-state index in [2.05, 4.69) is 23.5 Å². The van der Waals surface area contributed by atoms with Crippen molar-refractivity contribution in [2.45, 2.75) is 25.7 Å². The minimum absolute atomic E-state index is 0.266. The van der Waals surface area contributed by atoms with Crippen molar-refractivity contribution >= 4 is 16.7 Å². The van der Waals surface area contributed by atoms with Gasteiger partial charge in [0.1, 0.15) is 5.75 Å². The summed E-state index contributed by atoms with van der Waals surface area (Å²) >= 11 is 0. The number of likely N-dealkylation sites (tertiary alicyclic amines) is 1. The van der Waals surface area contributed by atoms with E-state index >= 15 is 0 Å². The van der Waals surface area contributed by atoms with Gasteiger partial charge in [-0.25, -0.2) is 0 Å². The molecule has 134 valence electrons. The molecule has 0 aliphatic carbocycles. The molecule has 1 amide bonds. The van der Waals surface area contributed by atoms with E-state index in [-0.39, 0.29) is 5.91 Å². The highest BCUT2D eigenvalue weighted by molar-refractivity contribution is 5.88. The smallest absolute Gasteiger partial charge is 0.222 e. The number of nitrogens with zero attached hydrogens (tertiary/aromatic N) is 1. The highest BCUT2D eigenvalue weighted by Crippen LogP contribution is 2.25. The molecule has 1 unspecified atom stereocenters. The van der Waals surface area contributed by atoms with Crippen LogP contribution in [-0.4, -0.2) is 44.1 Å². The molecule has 0 bridgehead atoms. The Hall–Kier alpha value is -2.07. The number of piperidine rings is 1. The zero-order chi connectivity index (χ0) is 17.5. The summed E-state index contributed by atoms with van der Waals surface area (Å²) in [6.07, 6.45) is 3.66. The largest absolute Gasteiger partial charge is 0.493 e. The van der Waals surface area contributed by atoms with Crippen molar-refractivity contribution in [1.29, 1.82) is 0 Å². The maximum atomic E-state index is 12.4. The summed E-state index contributed by atoms with van der Waals surface area (Å²) in [5, 5.41) is 5.53. The molecule has 25 heavy (non-hydrogen) atoms. The highest BCUT2D eigenvalue weighted by Gasteiger charge is 2.22. The predicted octanol–water partition coefficient (Wildman–Crippen LogP) is 3.46. The van der Waals surface area contributed by atoms with Gasteiger partial charge in [-0.15, -0.1) is 0 Å². The van der Waals surface area contributed by atoms with Gasteiger partial charge in [0.2, 0.25) is 5.91 Å². The van der Waals surface area contributed by atoms with Crippen molar-refractivity contribution in [2.75, 3.05) is 33.3 Å². The van der Waals surface area contributed by atoms with E-state index in [1.807, 2.05) is 36.2 Å². The van der Waals surface area contributed by atoms with E-state index in [1.165, 1.54) is 11.8 Å². The second-order valence-electron chi connectivity index (χ2n) is 6.83. The molecule has 1 aliphatic rings. The number of ether oxygens (including phenoxy) is 1. The second kappa shape index (κ2) is 8.86. The first kappa shape index (κ1) is 17.7. The van der Waals surface area contributed by atoms with E-state index in [4.69, 9.17) is 4.74 Å². The fraction of sp³-hybridized carbons (Fsp3) is 0.476. The summed E-state index contributed by atoms with van der Waals surface area (Å²) in [4.78, 5) is 14.5. The molecule has 1 aliphatic heterocycles. The standard InChI is InChI=1S/C21H28N2O2/c1-22-15-17-7-5-13-23(16-17)21(24)12-6-14-25-20-11-4-9-18-8-2-3-10-19(18)20/h2-4,8-11,17,22H,5-7,12-16H2,1H3. The van der Waals surface area contributed by atoms with Crippen LogP contribution in [0.25, 0.3) is 10.8 Å². The van der Waals surface area contributed by atoms with Crippen molar-refractivity contribution in [1.82, 2.24) is 10.2 Å². The molecule has 4 heteroatoms. The van der Waals surface area contributed by atoms with Crippen molar-refractivity contribution < 1.29 is 9.53 Å². The molecular weight excluding hydrogens is 312 g/mol. The number of hydrogen-bond acceptors (Lipinski definition) is 3. The maximum absolute atomic E-state index is 12.4. The number of amides is 1. The van der Waals surface area contributed by atoms with Crippen LogP contribution in [0.5, 0.6) is 5.75 Å². The average Bonchev–Trinajstić information content (AvgIpc) is 2.65. The summed E-state index contributed by atoms with van der Waals surface area (Å²) in [5.74, 6) is 1.76. The Morgan fingerprint density at radius 3 is 2.96 bits per heavy atom. The van der Waals surface area contributed by atoms with Crippen LogP contribution in [0.3, 0.4) is 0 Å². The lowest BCUT2D eigenvalue weighted by Gasteiger charge is -2.32. The van der Waals surface area contributed by atoms with E-state index < -0.39 is 0 Å². The third-order valence-electron chi connectivity index (χ3n) is 4.91. The van der Waals surface area contributed by atoms with Gasteiger partial charge >= 0.3 is 0 Å². The molecule has 3 rings (SSSR count). The number of fused-ring (bicyclic) bond motifs is 1. The quantitative estimate of drug-likeness (QED) is 0.785. The Morgan fingerprint density at radius 2 is 2.08 bits per heavy atom. The molecule has 1 saturated heterocycles. The summed E-state index contributed by atoms with van der Waals surface area (Å²) < 4.78 is 5.94. The second-order valence-corrected chi connectivity index (χ2v) is 6.83. The number of benzene rings is 2. The normalized spacial score (nSPS) is 17.6. The molecule has 2 aromatic carbocycles. The summed E-state index contributed by atoms with van der Waals surface area (Å²) in [6, 6.07) is 14.3. The molecular formula is C21H28N2O2. The number of nitrogens with one attached hydrogen (secondary N) is 1. The lowest BCUT2D eigenvalue weighted by Crippen LogP contribution is -2.42. The van der Waals surface area contributed by atoms with Crippen molar-refractivity contribution in [2.24, 2.45) is 5.92 Å². The van der Waals surface area contributed by atoms with E-state index in [0.717, 1.165) is 43.6 Å². The molecule has 1 atom stereocenters. The third kappa shape index (κ3) is 4.73. The molecule has 2 aromatic rings. The third-order valence-corrected chi connectivity index (χ3v) is 4.91. The highest BCUT2D eigenvalue weighted by atomic mass is 16.5. The Labute approximate surface area is 150 Å². The lowest BCUT2D eigenvalue weighted by molar-refractivity contribution is -0.133. The van der Waals surface area contributed by atoms with Gasteiger partial charge < -0.3 is 15.0 Å². The summed E-state index contributed by atoms with van der Waals surface area (Å²) in [5.41, 5.74) is 0. The van der Waals surface area contributed by atoms with Crippen LogP contribution in [-0.2, 0) is 4.79 Å². The first-order valence-corrected chi connectivity index (χ1v) is 9.31. The Balaban J connectivity index is 1.45. The first-order valence-electron chi connectivity index (χ1n) is 9.31. The molecule has 4 nitrogen and oxygen atoms in total. The van der Waals surface area contributed by atoms with Gasteiger partial charge in [-0.2, -0.15) is 0 Å². The van der Waals surface area contributed by atoms with Crippen LogP contribution in [0.1, 0.15) is 25.7 Å². The van der Waals surface area contributed by atoms with E-state index in [0.29, 0.717) is 18.9 Å². The lowest BCUT2D eigenvalue weighted by atomic mass is 9.97. The van der Waals surface area contributed by atoms with Crippen LogP contribution < -0.4 is 10.1 Å². The van der Waals surface area contributed by atoms with Gasteiger partial charge in [-0.1, -0.05) is 36.4 Å². The molecule has 1 heterocycles. The van der Waals surface area contributed by atoms with Gasteiger partial charge in [-0.3, -0.25) is 4.79 Å². The predicted molar refractivity (Wildman–Crippen MR) is 102 cm³/mol. The molecule has 0 saturated carbocycles. The first-order chi connectivity index (χ1) is 12.3. The number of carbonyl (C=O) groups excluding carboxylic acids is 1. The van der Waals surface area contributed by atoms with Crippen LogP contribution in [0.2, 0.25) is 0 Å². The van der Waals surface area contributed by atoms with Gasteiger partial charge in [0, 0.05) is 24.9 Å². The molecule has 1 fully saturated rings. The fourth-order valence-corrected chi connectivity index (χ4v) is 3.63. The minimum atomic E-state index is 0.266. The van der Waals surface area contributed by atoms with Crippen molar-refractivity contribution in [3.8, 4) is 5.75 Å². The van der Waals surface area contributed by atoms with Crippen LogP contribution in [0.4, 0.5) is 0 Å². The van der Waals surface area contributed by atoms with Gasteiger partial charge in [0.25, 0.3) is 0 Å². The van der Waals surface area contributed by atoms with Crippen molar-refractivity contribution in [3.05, 3.63) is 42.5 Å². The average molecular weight is 340 g/mol. The zero-order valence-corrected chi connectivity index (χ0v) is 15.0. The van der Waals surface area contributed by atoms with Gasteiger partial charge in [0.15, 0.2) is 0 Å². The van der Waals surface area contributed by atoms with Crippen molar-refractivity contribution in [3.63, 3.8) is 0 Å². The Kier molecular flexibility index (Phi) is 6.29. The Morgan fingerprint density at radius 1 is 1.24 bits per heavy atom. The summed E-state index contributed by atoms with van der Waals surface area (Å²) in [6.45, 7) is 3.37. The molecule has 1 N–H and O–H groups in total. The SMILES string of the molecule is CNCC1CCCN(C(=O)CCCOc2cccc3ccccc23)C1. The van der Waals surface area contributed by atoms with Crippen LogP contribution >= 0.6 is 0 Å². The van der Waals surface area contributed by atoms with Gasteiger partial charge in [0.05, 0.1) is 6.61 Å². The number of hydrogen-bond donors (Lipinski definition) is 1. The van der Waals surface area contributed by atoms with Crippen LogP contribution in [0.15, 0.2) is 42.5 Å². The minimum Gasteiger partial charge on any atom is -0.493 e. The number of carbonyl (C=O) groups is 1. The number of rotatable bonds is 7. The van der Waals surface area contributed by atoms with Crippen LogP contribution in [0, 0.1) is 5.92 Å². The van der Waals surface area contributed by atoms with Gasteiger partial charge in [-0.05, 0) is 50.2 Å². The van der Waals surface area contributed by atoms with E-state index in [9.17, 15) is 4.79 Å². The molecule has 0 spiro atoms. The summed E-state index contributed by atoms with van der Waals surface area (Å²) in [7, 11) is 1.98. The van der Waals surface area contributed by atoms with E-state index in [1.54, 1.807) is 0 Å². The maximum Gasteiger partial charge on any atom is 0.222 e. The Bertz CT molecular complexity index is 694. The zero-order valence-electron chi connectivity index (χ0n) is 15.0. The molecule has 0 aromatic heterocycles.